The molecular weight excluding hydrogens is 255 g/mol. The summed E-state index contributed by atoms with van der Waals surface area (Å²) in [5.41, 5.74) is 0.427. The molecule has 0 radical (unpaired) electrons. The molecule has 1 fully saturated rings. The Hall–Kier alpha value is -0.805. The number of carbonyl (C=O) groups is 1. The average molecular weight is 282 g/mol. The molecule has 0 spiro atoms. The highest BCUT2D eigenvalue weighted by atomic mass is 16.7. The zero-order chi connectivity index (χ0) is 15.6. The van der Waals surface area contributed by atoms with Crippen molar-refractivity contribution in [2.24, 2.45) is 5.92 Å². The summed E-state index contributed by atoms with van der Waals surface area (Å²) in [6.45, 7) is 12.1. The van der Waals surface area contributed by atoms with Crippen molar-refractivity contribution >= 4 is 13.1 Å². The van der Waals surface area contributed by atoms with Crippen molar-refractivity contribution in [1.29, 1.82) is 0 Å². The standard InChI is InChI=1S/C13H21BO4.C2H6/c1-12(2)13(3,4)18-14(17-12)10-7-5-9(6-8-10)11(15)16;1-2/h7,9H,5-6,8H2,1-4H3,(H,15,16);1-2H3. The van der Waals surface area contributed by atoms with Crippen molar-refractivity contribution in [3.8, 4) is 0 Å². The van der Waals surface area contributed by atoms with Gasteiger partial charge in [0.25, 0.3) is 0 Å². The minimum Gasteiger partial charge on any atom is -0.481 e. The van der Waals surface area contributed by atoms with Crippen molar-refractivity contribution < 1.29 is 19.2 Å². The van der Waals surface area contributed by atoms with Gasteiger partial charge in [0.2, 0.25) is 0 Å². The fourth-order valence-electron chi connectivity index (χ4n) is 2.29. The van der Waals surface area contributed by atoms with Crippen LogP contribution in [0.5, 0.6) is 0 Å². The predicted octanol–water partition coefficient (Wildman–Crippen LogP) is 3.46. The molecule has 20 heavy (non-hydrogen) atoms. The lowest BCUT2D eigenvalue weighted by Crippen LogP contribution is -2.41. The predicted molar refractivity (Wildman–Crippen MR) is 80.5 cm³/mol. The second-order valence-corrected chi connectivity index (χ2v) is 6.18. The zero-order valence-corrected chi connectivity index (χ0v) is 13.5. The third kappa shape index (κ3) is 3.44. The van der Waals surface area contributed by atoms with E-state index in [2.05, 4.69) is 0 Å². The van der Waals surface area contributed by atoms with E-state index in [1.807, 2.05) is 47.6 Å². The Balaban J connectivity index is 0.000000956. The quantitative estimate of drug-likeness (QED) is 0.788. The maximum Gasteiger partial charge on any atom is 0.490 e. The van der Waals surface area contributed by atoms with Crippen LogP contribution in [-0.2, 0) is 14.1 Å². The maximum atomic E-state index is 10.9. The molecule has 1 unspecified atom stereocenters. The van der Waals surface area contributed by atoms with E-state index in [1.165, 1.54) is 0 Å². The van der Waals surface area contributed by atoms with E-state index >= 15 is 0 Å². The molecule has 0 aromatic rings. The summed E-state index contributed by atoms with van der Waals surface area (Å²) in [5.74, 6) is -0.963. The fourth-order valence-corrected chi connectivity index (χ4v) is 2.29. The van der Waals surface area contributed by atoms with Crippen LogP contribution in [0.4, 0.5) is 0 Å². The number of hydrogen-bond donors (Lipinski definition) is 1. The van der Waals surface area contributed by atoms with Crippen LogP contribution in [0.3, 0.4) is 0 Å². The fraction of sp³-hybridized carbons (Fsp3) is 0.800. The third-order valence-electron chi connectivity index (χ3n) is 4.35. The summed E-state index contributed by atoms with van der Waals surface area (Å²) in [6.07, 6.45) is 3.97. The van der Waals surface area contributed by atoms with Crippen molar-refractivity contribution in [2.75, 3.05) is 0 Å². The van der Waals surface area contributed by atoms with Gasteiger partial charge in [0.15, 0.2) is 0 Å². The molecule has 2 rings (SSSR count). The Morgan fingerprint density at radius 1 is 1.25 bits per heavy atom. The van der Waals surface area contributed by atoms with E-state index in [-0.39, 0.29) is 24.2 Å². The summed E-state index contributed by atoms with van der Waals surface area (Å²) < 4.78 is 11.9. The van der Waals surface area contributed by atoms with Gasteiger partial charge in [-0.2, -0.15) is 0 Å². The molecule has 1 aliphatic carbocycles. The van der Waals surface area contributed by atoms with Gasteiger partial charge in [0.05, 0.1) is 17.1 Å². The van der Waals surface area contributed by atoms with Crippen molar-refractivity contribution in [3.05, 3.63) is 11.5 Å². The Morgan fingerprint density at radius 2 is 1.75 bits per heavy atom. The smallest absolute Gasteiger partial charge is 0.481 e. The number of aliphatic carboxylic acids is 1. The van der Waals surface area contributed by atoms with Crippen LogP contribution in [0.1, 0.15) is 60.8 Å². The molecule has 0 aromatic heterocycles. The van der Waals surface area contributed by atoms with Crippen LogP contribution in [-0.4, -0.2) is 29.4 Å². The maximum absolute atomic E-state index is 10.9. The van der Waals surface area contributed by atoms with Gasteiger partial charge in [-0.25, -0.2) is 0 Å². The average Bonchev–Trinajstić information content (AvgIpc) is 2.61. The van der Waals surface area contributed by atoms with Crippen LogP contribution in [0, 0.1) is 5.92 Å². The first-order valence-electron chi connectivity index (χ1n) is 7.50. The Bertz CT molecular complexity index is 371. The highest BCUT2D eigenvalue weighted by Crippen LogP contribution is 2.40. The highest BCUT2D eigenvalue weighted by Gasteiger charge is 2.52. The van der Waals surface area contributed by atoms with Crippen LogP contribution < -0.4 is 0 Å². The molecule has 1 aliphatic heterocycles. The molecule has 1 N–H and O–H groups in total. The van der Waals surface area contributed by atoms with E-state index < -0.39 is 5.97 Å². The lowest BCUT2D eigenvalue weighted by Gasteiger charge is -2.32. The summed E-state index contributed by atoms with van der Waals surface area (Å²) in [5, 5.41) is 8.96. The summed E-state index contributed by atoms with van der Waals surface area (Å²) in [7, 11) is -0.315. The van der Waals surface area contributed by atoms with Gasteiger partial charge in [-0.15, -0.1) is 0 Å². The lowest BCUT2D eigenvalue weighted by atomic mass is 9.70. The number of carboxylic acid groups (broad SMARTS) is 1. The van der Waals surface area contributed by atoms with Gasteiger partial charge >= 0.3 is 13.1 Å². The Kier molecular flexibility index (Phi) is 5.44. The van der Waals surface area contributed by atoms with E-state index in [4.69, 9.17) is 14.4 Å². The summed E-state index contributed by atoms with van der Waals surface area (Å²) >= 11 is 0. The zero-order valence-electron chi connectivity index (χ0n) is 13.5. The number of hydrogen-bond acceptors (Lipinski definition) is 3. The number of carboxylic acids is 1. The highest BCUT2D eigenvalue weighted by molar-refractivity contribution is 6.54. The first-order chi connectivity index (χ1) is 9.23. The second kappa shape index (κ2) is 6.31. The molecule has 1 atom stereocenters. The minimum atomic E-state index is -0.709. The van der Waals surface area contributed by atoms with Gasteiger partial charge < -0.3 is 14.4 Å². The SMILES string of the molecule is CC.CC1(C)OB(C2=CCC(C(=O)O)CC2)OC1(C)C. The van der Waals surface area contributed by atoms with Crippen LogP contribution in [0.15, 0.2) is 11.5 Å². The molecule has 0 amide bonds. The topological polar surface area (TPSA) is 55.8 Å². The van der Waals surface area contributed by atoms with Gasteiger partial charge in [-0.3, -0.25) is 4.79 Å². The van der Waals surface area contributed by atoms with Crippen LogP contribution >= 0.6 is 0 Å². The molecule has 114 valence electrons. The van der Waals surface area contributed by atoms with Crippen LogP contribution in [0.2, 0.25) is 0 Å². The first-order valence-corrected chi connectivity index (χ1v) is 7.50. The van der Waals surface area contributed by atoms with E-state index in [9.17, 15) is 4.79 Å². The minimum absolute atomic E-state index is 0.254. The summed E-state index contributed by atoms with van der Waals surface area (Å²) in [4.78, 5) is 10.9. The Morgan fingerprint density at radius 3 is 2.10 bits per heavy atom. The molecular formula is C15H27BO4. The molecule has 4 nitrogen and oxygen atoms in total. The van der Waals surface area contributed by atoms with Crippen molar-refractivity contribution in [2.45, 2.75) is 72.0 Å². The van der Waals surface area contributed by atoms with E-state index in [1.54, 1.807) is 0 Å². The first kappa shape index (κ1) is 17.2. The molecule has 2 aliphatic rings. The summed E-state index contributed by atoms with van der Waals surface area (Å²) in [6, 6.07) is 0. The molecule has 1 saturated heterocycles. The normalized spacial score (nSPS) is 27.4. The van der Waals surface area contributed by atoms with Gasteiger partial charge in [0, 0.05) is 0 Å². The lowest BCUT2D eigenvalue weighted by molar-refractivity contribution is -0.141. The number of allylic oxidation sites excluding steroid dienone is 2. The molecule has 0 aromatic carbocycles. The Labute approximate surface area is 122 Å². The molecule has 5 heteroatoms. The van der Waals surface area contributed by atoms with E-state index in [0.717, 1.165) is 11.9 Å². The van der Waals surface area contributed by atoms with Crippen LogP contribution in [0.25, 0.3) is 0 Å². The molecule has 1 heterocycles. The largest absolute Gasteiger partial charge is 0.490 e. The van der Waals surface area contributed by atoms with Gasteiger partial charge in [-0.05, 0) is 52.4 Å². The number of rotatable bonds is 2. The van der Waals surface area contributed by atoms with Gasteiger partial charge in [-0.1, -0.05) is 19.9 Å². The van der Waals surface area contributed by atoms with E-state index in [0.29, 0.717) is 12.8 Å². The van der Waals surface area contributed by atoms with Crippen molar-refractivity contribution in [3.63, 3.8) is 0 Å². The van der Waals surface area contributed by atoms with Crippen molar-refractivity contribution in [1.82, 2.24) is 0 Å². The molecule has 0 saturated carbocycles. The monoisotopic (exact) mass is 282 g/mol. The third-order valence-corrected chi connectivity index (χ3v) is 4.35. The second-order valence-electron chi connectivity index (χ2n) is 6.18. The van der Waals surface area contributed by atoms with Gasteiger partial charge in [0.1, 0.15) is 0 Å². The molecule has 0 bridgehead atoms.